The highest BCUT2D eigenvalue weighted by atomic mass is 35.5. The molecule has 1 aromatic rings. The molecule has 1 saturated heterocycles. The molecule has 0 saturated carbocycles. The minimum absolute atomic E-state index is 0.0454. The van der Waals surface area contributed by atoms with Crippen LogP contribution in [0.25, 0.3) is 0 Å². The Balaban J connectivity index is 0.000000861. The van der Waals surface area contributed by atoms with Crippen LogP contribution in [0.5, 0.6) is 0 Å². The molecule has 106 valence electrons. The van der Waals surface area contributed by atoms with Crippen molar-refractivity contribution in [2.45, 2.75) is 39.8 Å². The Morgan fingerprint density at radius 1 is 1.47 bits per heavy atom. The molecule has 2 N–H and O–H groups in total. The first-order chi connectivity index (χ1) is 9.06. The average Bonchev–Trinajstić information content (AvgIpc) is 2.80. The van der Waals surface area contributed by atoms with Gasteiger partial charge in [-0.15, -0.1) is 0 Å². The lowest BCUT2D eigenvalue weighted by atomic mass is 10.1. The second-order valence-corrected chi connectivity index (χ2v) is 4.66. The number of benzene rings is 1. The highest BCUT2D eigenvalue weighted by molar-refractivity contribution is 6.32. The molecule has 0 aromatic heterocycles. The number of carbonyl (C=O) groups is 1. The fourth-order valence-corrected chi connectivity index (χ4v) is 2.10. The third-order valence-corrected chi connectivity index (χ3v) is 3.39. The number of nitrogens with one attached hydrogen (secondary N) is 2. The van der Waals surface area contributed by atoms with Crippen molar-refractivity contribution in [3.8, 4) is 0 Å². The van der Waals surface area contributed by atoms with E-state index in [2.05, 4.69) is 10.6 Å². The van der Waals surface area contributed by atoms with Crippen LogP contribution in [0.3, 0.4) is 0 Å². The molecule has 3 nitrogen and oxygen atoms in total. The van der Waals surface area contributed by atoms with Gasteiger partial charge in [-0.05, 0) is 30.2 Å². The number of carbonyl (C=O) groups excluding carboxylic acids is 1. The van der Waals surface area contributed by atoms with Crippen LogP contribution in [0.1, 0.15) is 31.4 Å². The lowest BCUT2D eigenvalue weighted by molar-refractivity contribution is -0.119. The van der Waals surface area contributed by atoms with Gasteiger partial charge in [0, 0.05) is 30.6 Å². The monoisotopic (exact) mass is 286 g/mol. The molecule has 1 fully saturated rings. The van der Waals surface area contributed by atoms with E-state index in [-0.39, 0.29) is 17.8 Å². The van der Waals surface area contributed by atoms with Gasteiger partial charge in [-0.3, -0.25) is 4.79 Å². The fraction of sp³-hybridized carbons (Fsp3) is 0.500. The lowest BCUT2D eigenvalue weighted by Crippen LogP contribution is -2.30. The molecule has 2 rings (SSSR count). The first-order valence-corrected chi connectivity index (χ1v) is 6.88. The molecule has 1 aliphatic rings. The summed E-state index contributed by atoms with van der Waals surface area (Å²) in [5.74, 6) is -0.242. The molecule has 1 unspecified atom stereocenters. The number of halogens is 2. The van der Waals surface area contributed by atoms with Gasteiger partial charge in [-0.25, -0.2) is 4.39 Å². The summed E-state index contributed by atoms with van der Waals surface area (Å²) in [7, 11) is 0. The summed E-state index contributed by atoms with van der Waals surface area (Å²) in [6, 6.07) is 2.93. The standard InChI is InChI=1S/C12H14ClFN2O.C2H6/c1-7-2-9(14)3-8(12(7)13)5-15-10-4-11(17)16-6-10;1-2/h2-3,10,15H,4-6H2,1H3,(H,16,17);1-2H3. The minimum Gasteiger partial charge on any atom is -0.354 e. The van der Waals surface area contributed by atoms with E-state index in [1.807, 2.05) is 13.8 Å². The second kappa shape index (κ2) is 7.46. The van der Waals surface area contributed by atoms with Crippen LogP contribution >= 0.6 is 11.6 Å². The van der Waals surface area contributed by atoms with Crippen LogP contribution in [0.2, 0.25) is 5.02 Å². The van der Waals surface area contributed by atoms with Crippen molar-refractivity contribution >= 4 is 17.5 Å². The molecular formula is C14H20ClFN2O. The summed E-state index contributed by atoms with van der Waals surface area (Å²) in [6.07, 6.45) is 0.464. The van der Waals surface area contributed by atoms with E-state index < -0.39 is 0 Å². The predicted octanol–water partition coefficient (Wildman–Crippen LogP) is 2.79. The van der Waals surface area contributed by atoms with Gasteiger partial charge in [0.05, 0.1) is 0 Å². The molecule has 0 spiro atoms. The van der Waals surface area contributed by atoms with Crippen molar-refractivity contribution in [2.75, 3.05) is 6.54 Å². The van der Waals surface area contributed by atoms with Gasteiger partial charge in [0.15, 0.2) is 0 Å². The van der Waals surface area contributed by atoms with Crippen molar-refractivity contribution in [1.29, 1.82) is 0 Å². The topological polar surface area (TPSA) is 41.1 Å². The molecular weight excluding hydrogens is 267 g/mol. The first-order valence-electron chi connectivity index (χ1n) is 6.51. The Labute approximate surface area is 118 Å². The quantitative estimate of drug-likeness (QED) is 0.897. The number of hydrogen-bond acceptors (Lipinski definition) is 2. The van der Waals surface area contributed by atoms with Gasteiger partial charge < -0.3 is 10.6 Å². The largest absolute Gasteiger partial charge is 0.354 e. The Morgan fingerprint density at radius 3 is 2.74 bits per heavy atom. The normalized spacial score (nSPS) is 17.7. The van der Waals surface area contributed by atoms with E-state index in [1.54, 1.807) is 6.92 Å². The molecule has 1 atom stereocenters. The zero-order valence-electron chi connectivity index (χ0n) is 11.5. The predicted molar refractivity (Wildman–Crippen MR) is 75.7 cm³/mol. The van der Waals surface area contributed by atoms with Gasteiger partial charge in [0.1, 0.15) is 5.82 Å². The Kier molecular flexibility index (Phi) is 6.25. The molecule has 19 heavy (non-hydrogen) atoms. The first kappa shape index (κ1) is 15.9. The number of amides is 1. The fourth-order valence-electron chi connectivity index (χ4n) is 1.93. The Bertz CT molecular complexity index is 451. The van der Waals surface area contributed by atoms with Crippen LogP contribution < -0.4 is 10.6 Å². The molecule has 1 aliphatic heterocycles. The molecule has 1 aromatic carbocycles. The molecule has 5 heteroatoms. The zero-order chi connectivity index (χ0) is 14.4. The smallest absolute Gasteiger partial charge is 0.221 e. The Hall–Kier alpha value is -1.13. The van der Waals surface area contributed by atoms with E-state index in [9.17, 15) is 9.18 Å². The minimum atomic E-state index is -0.288. The van der Waals surface area contributed by atoms with Crippen LogP contribution in [-0.4, -0.2) is 18.5 Å². The summed E-state index contributed by atoms with van der Waals surface area (Å²) in [5, 5.41) is 6.50. The maximum absolute atomic E-state index is 13.2. The number of aryl methyl sites for hydroxylation is 1. The van der Waals surface area contributed by atoms with Crippen molar-refractivity contribution in [2.24, 2.45) is 0 Å². The molecule has 0 bridgehead atoms. The van der Waals surface area contributed by atoms with E-state index in [1.165, 1.54) is 12.1 Å². The van der Waals surface area contributed by atoms with E-state index >= 15 is 0 Å². The van der Waals surface area contributed by atoms with Crippen molar-refractivity contribution < 1.29 is 9.18 Å². The highest BCUT2D eigenvalue weighted by Crippen LogP contribution is 2.22. The zero-order valence-corrected chi connectivity index (χ0v) is 12.3. The van der Waals surface area contributed by atoms with Gasteiger partial charge in [0.25, 0.3) is 0 Å². The third-order valence-electron chi connectivity index (χ3n) is 2.85. The highest BCUT2D eigenvalue weighted by Gasteiger charge is 2.20. The lowest BCUT2D eigenvalue weighted by Gasteiger charge is -2.12. The van der Waals surface area contributed by atoms with Crippen LogP contribution in [0, 0.1) is 12.7 Å². The molecule has 1 heterocycles. The Morgan fingerprint density at radius 2 is 2.16 bits per heavy atom. The summed E-state index contributed by atoms with van der Waals surface area (Å²) >= 11 is 6.09. The summed E-state index contributed by atoms with van der Waals surface area (Å²) in [4.78, 5) is 11.0. The second-order valence-electron chi connectivity index (χ2n) is 4.28. The summed E-state index contributed by atoms with van der Waals surface area (Å²) < 4.78 is 13.2. The van der Waals surface area contributed by atoms with Crippen molar-refractivity contribution in [3.63, 3.8) is 0 Å². The van der Waals surface area contributed by atoms with Crippen LogP contribution in [0.15, 0.2) is 12.1 Å². The molecule has 1 amide bonds. The maximum Gasteiger partial charge on any atom is 0.221 e. The van der Waals surface area contributed by atoms with Gasteiger partial charge >= 0.3 is 0 Å². The van der Waals surface area contributed by atoms with Crippen molar-refractivity contribution in [1.82, 2.24) is 10.6 Å². The van der Waals surface area contributed by atoms with E-state index in [4.69, 9.17) is 11.6 Å². The molecule has 0 aliphatic carbocycles. The van der Waals surface area contributed by atoms with E-state index in [0.717, 1.165) is 11.1 Å². The van der Waals surface area contributed by atoms with Crippen LogP contribution in [0.4, 0.5) is 4.39 Å². The number of hydrogen-bond donors (Lipinski definition) is 2. The maximum atomic E-state index is 13.2. The third kappa shape index (κ3) is 4.48. The van der Waals surface area contributed by atoms with Gasteiger partial charge in [-0.1, -0.05) is 25.4 Å². The van der Waals surface area contributed by atoms with Crippen molar-refractivity contribution in [3.05, 3.63) is 34.1 Å². The molecule has 0 radical (unpaired) electrons. The summed E-state index contributed by atoms with van der Waals surface area (Å²) in [5.41, 5.74) is 1.45. The average molecular weight is 287 g/mol. The summed E-state index contributed by atoms with van der Waals surface area (Å²) in [6.45, 7) is 6.86. The SMILES string of the molecule is CC.Cc1cc(F)cc(CNC2CNC(=O)C2)c1Cl. The van der Waals surface area contributed by atoms with Gasteiger partial charge in [0.2, 0.25) is 5.91 Å². The number of rotatable bonds is 3. The van der Waals surface area contributed by atoms with E-state index in [0.29, 0.717) is 24.5 Å². The van der Waals surface area contributed by atoms with Gasteiger partial charge in [-0.2, -0.15) is 0 Å². The van der Waals surface area contributed by atoms with Crippen LogP contribution in [-0.2, 0) is 11.3 Å².